The SMILES string of the molecule is O=C(CSCc1nc2ccccc2s1)N1CCc2[nH]c3c(Br)cccc3c2C1. The molecule has 142 valence electrons. The average molecular weight is 472 g/mol. The fourth-order valence-corrected chi connectivity index (χ4v) is 6.13. The van der Waals surface area contributed by atoms with E-state index in [-0.39, 0.29) is 5.91 Å². The van der Waals surface area contributed by atoms with Gasteiger partial charge in [0, 0.05) is 46.4 Å². The number of aromatic nitrogens is 2. The first-order valence-corrected chi connectivity index (χ1v) is 11.9. The number of fused-ring (bicyclic) bond motifs is 4. The maximum absolute atomic E-state index is 12.8. The molecule has 3 heterocycles. The summed E-state index contributed by atoms with van der Waals surface area (Å²) in [5.74, 6) is 1.49. The Bertz CT molecular complexity index is 1150. The van der Waals surface area contributed by atoms with Gasteiger partial charge < -0.3 is 9.88 Å². The first kappa shape index (κ1) is 18.2. The molecule has 0 aliphatic carbocycles. The van der Waals surface area contributed by atoms with Crippen molar-refractivity contribution in [3.63, 3.8) is 0 Å². The van der Waals surface area contributed by atoms with Crippen LogP contribution in [0.2, 0.25) is 0 Å². The Hall–Kier alpha value is -1.83. The first-order chi connectivity index (χ1) is 13.7. The maximum Gasteiger partial charge on any atom is 0.232 e. The molecule has 1 amide bonds. The molecule has 0 bridgehead atoms. The number of thioether (sulfide) groups is 1. The largest absolute Gasteiger partial charge is 0.357 e. The molecule has 28 heavy (non-hydrogen) atoms. The summed E-state index contributed by atoms with van der Waals surface area (Å²) in [6, 6.07) is 14.4. The quantitative estimate of drug-likeness (QED) is 0.435. The lowest BCUT2D eigenvalue weighted by atomic mass is 10.0. The molecule has 7 heteroatoms. The predicted octanol–water partition coefficient (Wildman–Crippen LogP) is 5.36. The van der Waals surface area contributed by atoms with Crippen LogP contribution in [0.25, 0.3) is 21.1 Å². The lowest BCUT2D eigenvalue weighted by Gasteiger charge is -2.27. The third-order valence-corrected chi connectivity index (χ3v) is 7.91. The number of benzene rings is 2. The van der Waals surface area contributed by atoms with Crippen LogP contribution in [0.3, 0.4) is 0 Å². The second kappa shape index (κ2) is 7.54. The van der Waals surface area contributed by atoms with Gasteiger partial charge in [-0.15, -0.1) is 23.1 Å². The highest BCUT2D eigenvalue weighted by atomic mass is 79.9. The number of amides is 1. The molecule has 0 atom stereocenters. The van der Waals surface area contributed by atoms with Crippen LogP contribution in [0.1, 0.15) is 16.3 Å². The van der Waals surface area contributed by atoms with Crippen LogP contribution < -0.4 is 0 Å². The second-order valence-electron chi connectivity index (χ2n) is 6.88. The van der Waals surface area contributed by atoms with Crippen molar-refractivity contribution in [2.45, 2.75) is 18.7 Å². The Labute approximate surface area is 179 Å². The minimum Gasteiger partial charge on any atom is -0.357 e. The zero-order chi connectivity index (χ0) is 19.1. The molecular weight excluding hydrogens is 454 g/mol. The van der Waals surface area contributed by atoms with E-state index in [4.69, 9.17) is 0 Å². The number of H-pyrrole nitrogens is 1. The summed E-state index contributed by atoms with van der Waals surface area (Å²) in [7, 11) is 0. The Balaban J connectivity index is 1.24. The van der Waals surface area contributed by atoms with Gasteiger partial charge in [-0.2, -0.15) is 0 Å². The minimum absolute atomic E-state index is 0.209. The topological polar surface area (TPSA) is 49.0 Å². The highest BCUT2D eigenvalue weighted by Gasteiger charge is 2.24. The highest BCUT2D eigenvalue weighted by molar-refractivity contribution is 9.10. The van der Waals surface area contributed by atoms with E-state index in [2.05, 4.69) is 44.1 Å². The predicted molar refractivity (Wildman–Crippen MR) is 121 cm³/mol. The van der Waals surface area contributed by atoms with E-state index in [0.29, 0.717) is 12.3 Å². The van der Waals surface area contributed by atoms with E-state index in [0.717, 1.165) is 39.2 Å². The molecular formula is C21H18BrN3OS2. The van der Waals surface area contributed by atoms with E-state index in [9.17, 15) is 4.79 Å². The number of rotatable bonds is 4. The summed E-state index contributed by atoms with van der Waals surface area (Å²) in [5, 5.41) is 2.30. The van der Waals surface area contributed by atoms with Gasteiger partial charge in [-0.05, 0) is 34.1 Å². The molecule has 2 aromatic heterocycles. The molecule has 0 saturated heterocycles. The summed E-state index contributed by atoms with van der Waals surface area (Å²) in [5.41, 5.74) is 4.69. The van der Waals surface area contributed by atoms with Gasteiger partial charge in [0.15, 0.2) is 0 Å². The van der Waals surface area contributed by atoms with Crippen molar-refractivity contribution in [1.29, 1.82) is 0 Å². The highest BCUT2D eigenvalue weighted by Crippen LogP contribution is 2.32. The molecule has 4 aromatic rings. The number of hydrogen-bond donors (Lipinski definition) is 1. The van der Waals surface area contributed by atoms with Gasteiger partial charge in [0.05, 0.1) is 21.5 Å². The van der Waals surface area contributed by atoms with Gasteiger partial charge in [-0.3, -0.25) is 4.79 Å². The van der Waals surface area contributed by atoms with Gasteiger partial charge >= 0.3 is 0 Å². The van der Waals surface area contributed by atoms with Crippen LogP contribution in [0.15, 0.2) is 46.9 Å². The van der Waals surface area contributed by atoms with Crippen LogP contribution in [0.4, 0.5) is 0 Å². The summed E-state index contributed by atoms with van der Waals surface area (Å²) in [6.07, 6.45) is 0.880. The van der Waals surface area contributed by atoms with Crippen LogP contribution in [-0.2, 0) is 23.5 Å². The van der Waals surface area contributed by atoms with Crippen molar-refractivity contribution < 1.29 is 4.79 Å². The zero-order valence-corrected chi connectivity index (χ0v) is 18.3. The van der Waals surface area contributed by atoms with Crippen molar-refractivity contribution in [1.82, 2.24) is 14.9 Å². The number of aromatic amines is 1. The molecule has 0 unspecified atom stereocenters. The average Bonchev–Trinajstić information content (AvgIpc) is 3.29. The van der Waals surface area contributed by atoms with Crippen LogP contribution in [-0.4, -0.2) is 33.1 Å². The summed E-state index contributed by atoms with van der Waals surface area (Å²) >= 11 is 6.98. The zero-order valence-electron chi connectivity index (χ0n) is 15.1. The molecule has 0 spiro atoms. The van der Waals surface area contributed by atoms with E-state index in [1.54, 1.807) is 23.1 Å². The number of carbonyl (C=O) groups excluding carboxylic acids is 1. The van der Waals surface area contributed by atoms with Crippen molar-refractivity contribution in [3.8, 4) is 0 Å². The fourth-order valence-electron chi connectivity index (χ4n) is 3.71. The van der Waals surface area contributed by atoms with Crippen molar-refractivity contribution >= 4 is 66.1 Å². The molecule has 1 aliphatic rings. The number of para-hydroxylation sites is 2. The van der Waals surface area contributed by atoms with E-state index in [1.807, 2.05) is 29.2 Å². The van der Waals surface area contributed by atoms with E-state index < -0.39 is 0 Å². The Morgan fingerprint density at radius 2 is 2.14 bits per heavy atom. The molecule has 1 aliphatic heterocycles. The normalized spacial score (nSPS) is 14.0. The lowest BCUT2D eigenvalue weighted by Crippen LogP contribution is -2.36. The van der Waals surface area contributed by atoms with Gasteiger partial charge in [0.2, 0.25) is 5.91 Å². The van der Waals surface area contributed by atoms with Gasteiger partial charge in [0.25, 0.3) is 0 Å². The van der Waals surface area contributed by atoms with E-state index >= 15 is 0 Å². The number of thiazole rings is 1. The Morgan fingerprint density at radius 1 is 1.25 bits per heavy atom. The smallest absolute Gasteiger partial charge is 0.232 e. The molecule has 1 N–H and O–H groups in total. The number of nitrogens with zero attached hydrogens (tertiary/aromatic N) is 2. The molecule has 0 radical (unpaired) electrons. The summed E-state index contributed by atoms with van der Waals surface area (Å²) in [6.45, 7) is 1.46. The minimum atomic E-state index is 0.209. The van der Waals surface area contributed by atoms with Crippen molar-refractivity contribution in [3.05, 3.63) is 63.2 Å². The van der Waals surface area contributed by atoms with Crippen LogP contribution in [0, 0.1) is 0 Å². The molecule has 5 rings (SSSR count). The van der Waals surface area contributed by atoms with Gasteiger partial charge in [-0.25, -0.2) is 4.98 Å². The van der Waals surface area contributed by atoms with Crippen molar-refractivity contribution in [2.24, 2.45) is 0 Å². The molecule has 4 nitrogen and oxygen atoms in total. The maximum atomic E-state index is 12.8. The van der Waals surface area contributed by atoms with Crippen LogP contribution in [0.5, 0.6) is 0 Å². The third-order valence-electron chi connectivity index (χ3n) is 5.10. The molecule has 2 aromatic carbocycles. The second-order valence-corrected chi connectivity index (χ2v) is 9.83. The number of hydrogen-bond acceptors (Lipinski definition) is 4. The van der Waals surface area contributed by atoms with Crippen LogP contribution >= 0.6 is 39.0 Å². The molecule has 0 fully saturated rings. The van der Waals surface area contributed by atoms with Gasteiger partial charge in [-0.1, -0.05) is 24.3 Å². The summed E-state index contributed by atoms with van der Waals surface area (Å²) in [4.78, 5) is 22.9. The molecule has 0 saturated carbocycles. The fraction of sp³-hybridized carbons (Fsp3) is 0.238. The van der Waals surface area contributed by atoms with Crippen molar-refractivity contribution in [2.75, 3.05) is 12.3 Å². The number of carbonyl (C=O) groups is 1. The monoisotopic (exact) mass is 471 g/mol. The third kappa shape index (κ3) is 3.36. The first-order valence-electron chi connectivity index (χ1n) is 9.17. The Morgan fingerprint density at radius 3 is 3.04 bits per heavy atom. The number of halogens is 1. The van der Waals surface area contributed by atoms with Gasteiger partial charge in [0.1, 0.15) is 5.01 Å². The van der Waals surface area contributed by atoms with E-state index in [1.165, 1.54) is 21.3 Å². The summed E-state index contributed by atoms with van der Waals surface area (Å²) < 4.78 is 2.28. The lowest BCUT2D eigenvalue weighted by molar-refractivity contribution is -0.129. The Kier molecular flexibility index (Phi) is 4.90. The number of nitrogens with one attached hydrogen (secondary N) is 1. The standard InChI is InChI=1S/C21H18BrN3OS2/c22-15-5-3-4-13-14-10-25(9-8-16(14)24-21(13)15)20(26)12-27-11-19-23-17-6-1-2-7-18(17)28-19/h1-7,24H,8-12H2.